The van der Waals surface area contributed by atoms with Crippen LogP contribution >= 0.6 is 0 Å². The molecule has 0 fully saturated rings. The molecule has 3 heteroatoms. The highest BCUT2D eigenvalue weighted by atomic mass is 14.9. The van der Waals surface area contributed by atoms with E-state index in [0.717, 1.165) is 5.82 Å². The van der Waals surface area contributed by atoms with Gasteiger partial charge in [0.25, 0.3) is 0 Å². The summed E-state index contributed by atoms with van der Waals surface area (Å²) in [5.41, 5.74) is 0.516. The highest BCUT2D eigenvalue weighted by Crippen LogP contribution is 1.90. The van der Waals surface area contributed by atoms with Crippen molar-refractivity contribution in [2.75, 3.05) is 0 Å². The normalized spacial score (nSPS) is 7.40. The summed E-state index contributed by atoms with van der Waals surface area (Å²) >= 11 is 0. The lowest BCUT2D eigenvalue weighted by Crippen LogP contribution is -1.71. The minimum atomic E-state index is 0.516. The third kappa shape index (κ3) is 2.31. The van der Waals surface area contributed by atoms with E-state index in [0.29, 0.717) is 5.69 Å². The number of aryl methyl sites for hydroxylation is 1. The first-order chi connectivity index (χ1) is 4.83. The molecule has 0 bridgehead atoms. The van der Waals surface area contributed by atoms with E-state index >= 15 is 0 Å². The lowest BCUT2D eigenvalue weighted by molar-refractivity contribution is 1.14. The van der Waals surface area contributed by atoms with Crippen LogP contribution in [-0.4, -0.2) is 9.97 Å². The first-order valence-electron chi connectivity index (χ1n) is 3.24. The Morgan fingerprint density at radius 3 is 2.40 bits per heavy atom. The number of H-pyrrole nitrogens is 1. The van der Waals surface area contributed by atoms with Gasteiger partial charge in [0.1, 0.15) is 17.6 Å². The van der Waals surface area contributed by atoms with Gasteiger partial charge in [0.05, 0.1) is 6.20 Å². The number of hydrogen-bond acceptors (Lipinski definition) is 2. The molecule has 0 saturated heterocycles. The molecule has 0 radical (unpaired) electrons. The van der Waals surface area contributed by atoms with Crippen molar-refractivity contribution in [3.8, 4) is 6.07 Å². The molecule has 0 unspecified atom stereocenters. The fraction of sp³-hybridized carbons (Fsp3) is 0.429. The number of nitrogens with zero attached hydrogens (tertiary/aromatic N) is 2. The van der Waals surface area contributed by atoms with Crippen molar-refractivity contribution in [3.05, 3.63) is 17.7 Å². The Labute approximate surface area is 60.7 Å². The first-order valence-corrected chi connectivity index (χ1v) is 3.24. The minimum Gasteiger partial charge on any atom is -0.334 e. The Kier molecular flexibility index (Phi) is 3.97. The molecule has 0 aliphatic heterocycles. The first kappa shape index (κ1) is 8.70. The van der Waals surface area contributed by atoms with Crippen molar-refractivity contribution in [3.63, 3.8) is 0 Å². The van der Waals surface area contributed by atoms with Crippen molar-refractivity contribution in [1.29, 1.82) is 5.26 Å². The molecule has 1 N–H and O–H groups in total. The summed E-state index contributed by atoms with van der Waals surface area (Å²) < 4.78 is 0. The van der Waals surface area contributed by atoms with Crippen LogP contribution in [0.4, 0.5) is 0 Å². The Morgan fingerprint density at radius 2 is 2.20 bits per heavy atom. The smallest absolute Gasteiger partial charge is 0.137 e. The van der Waals surface area contributed by atoms with Gasteiger partial charge in [0, 0.05) is 0 Å². The average Bonchev–Trinajstić information content (AvgIpc) is 2.40. The molecule has 54 valence electrons. The average molecular weight is 137 g/mol. The minimum absolute atomic E-state index is 0.516. The van der Waals surface area contributed by atoms with Crippen molar-refractivity contribution >= 4 is 0 Å². The van der Waals surface area contributed by atoms with Crippen LogP contribution in [0.5, 0.6) is 0 Å². The number of hydrogen-bond donors (Lipinski definition) is 1. The maximum absolute atomic E-state index is 8.23. The van der Waals surface area contributed by atoms with Gasteiger partial charge in [-0.2, -0.15) is 5.26 Å². The zero-order valence-corrected chi connectivity index (χ0v) is 6.47. The van der Waals surface area contributed by atoms with Crippen molar-refractivity contribution in [2.45, 2.75) is 20.8 Å². The topological polar surface area (TPSA) is 52.5 Å². The van der Waals surface area contributed by atoms with Crippen LogP contribution in [-0.2, 0) is 0 Å². The molecule has 1 rings (SSSR count). The summed E-state index contributed by atoms with van der Waals surface area (Å²) in [6, 6.07) is 1.93. The predicted octanol–water partition coefficient (Wildman–Crippen LogP) is 1.62. The van der Waals surface area contributed by atoms with Crippen LogP contribution in [0.2, 0.25) is 0 Å². The van der Waals surface area contributed by atoms with Crippen LogP contribution in [0.15, 0.2) is 6.20 Å². The van der Waals surface area contributed by atoms with Gasteiger partial charge in [-0.25, -0.2) is 4.98 Å². The molecule has 10 heavy (non-hydrogen) atoms. The molecule has 1 aromatic rings. The Hall–Kier alpha value is -1.30. The Bertz CT molecular complexity index is 219. The molecule has 0 aliphatic carbocycles. The van der Waals surface area contributed by atoms with E-state index in [4.69, 9.17) is 5.26 Å². The van der Waals surface area contributed by atoms with E-state index in [-0.39, 0.29) is 0 Å². The highest BCUT2D eigenvalue weighted by Gasteiger charge is 1.89. The molecule has 0 spiro atoms. The maximum atomic E-state index is 8.23. The number of nitriles is 1. The second-order valence-corrected chi connectivity index (χ2v) is 1.49. The van der Waals surface area contributed by atoms with Crippen LogP contribution in [0, 0.1) is 18.3 Å². The molecule has 1 aromatic heterocycles. The SMILES string of the molecule is CC.Cc1ncc(C#N)[nH]1. The zero-order valence-electron chi connectivity index (χ0n) is 6.47. The van der Waals surface area contributed by atoms with Gasteiger partial charge < -0.3 is 4.98 Å². The fourth-order valence-corrected chi connectivity index (χ4v) is 0.478. The zero-order chi connectivity index (χ0) is 7.98. The third-order valence-electron chi connectivity index (χ3n) is 0.823. The number of aromatic amines is 1. The van der Waals surface area contributed by atoms with Gasteiger partial charge >= 0.3 is 0 Å². The van der Waals surface area contributed by atoms with Gasteiger partial charge in [-0.15, -0.1) is 0 Å². The van der Waals surface area contributed by atoms with Crippen molar-refractivity contribution < 1.29 is 0 Å². The van der Waals surface area contributed by atoms with Gasteiger partial charge in [-0.1, -0.05) is 13.8 Å². The summed E-state index contributed by atoms with van der Waals surface area (Å²) in [7, 11) is 0. The lowest BCUT2D eigenvalue weighted by atomic mass is 10.5. The van der Waals surface area contributed by atoms with E-state index in [1.807, 2.05) is 19.9 Å². The third-order valence-corrected chi connectivity index (χ3v) is 0.823. The summed E-state index contributed by atoms with van der Waals surface area (Å²) in [5.74, 6) is 0.779. The Balaban J connectivity index is 0.000000371. The van der Waals surface area contributed by atoms with Gasteiger partial charge in [-0.3, -0.25) is 0 Å². The van der Waals surface area contributed by atoms with Crippen molar-refractivity contribution in [1.82, 2.24) is 9.97 Å². The summed E-state index contributed by atoms with van der Waals surface area (Å²) in [4.78, 5) is 6.56. The maximum Gasteiger partial charge on any atom is 0.137 e. The van der Waals surface area contributed by atoms with Gasteiger partial charge in [0.15, 0.2) is 0 Å². The monoisotopic (exact) mass is 137 g/mol. The molecular formula is C7H11N3. The van der Waals surface area contributed by atoms with Crippen LogP contribution in [0.3, 0.4) is 0 Å². The molecule has 0 aromatic carbocycles. The van der Waals surface area contributed by atoms with E-state index in [1.165, 1.54) is 6.20 Å². The fourth-order valence-electron chi connectivity index (χ4n) is 0.478. The van der Waals surface area contributed by atoms with E-state index in [1.54, 1.807) is 6.92 Å². The quantitative estimate of drug-likeness (QED) is 0.590. The summed E-state index contributed by atoms with van der Waals surface area (Å²) in [6.07, 6.45) is 1.51. The number of imidazole rings is 1. The number of nitrogens with one attached hydrogen (secondary N) is 1. The second-order valence-electron chi connectivity index (χ2n) is 1.49. The van der Waals surface area contributed by atoms with Gasteiger partial charge in [0.2, 0.25) is 0 Å². The molecular weight excluding hydrogens is 126 g/mol. The molecule has 0 amide bonds. The molecule has 0 aliphatic rings. The van der Waals surface area contributed by atoms with Crippen LogP contribution < -0.4 is 0 Å². The van der Waals surface area contributed by atoms with Crippen molar-refractivity contribution in [2.24, 2.45) is 0 Å². The van der Waals surface area contributed by atoms with Crippen LogP contribution in [0.25, 0.3) is 0 Å². The Morgan fingerprint density at radius 1 is 1.60 bits per heavy atom. The number of aromatic nitrogens is 2. The van der Waals surface area contributed by atoms with E-state index in [2.05, 4.69) is 9.97 Å². The summed E-state index contributed by atoms with van der Waals surface area (Å²) in [5, 5.41) is 8.23. The summed E-state index contributed by atoms with van der Waals surface area (Å²) in [6.45, 7) is 5.81. The predicted molar refractivity (Wildman–Crippen MR) is 39.4 cm³/mol. The second kappa shape index (κ2) is 4.57. The van der Waals surface area contributed by atoms with E-state index < -0.39 is 0 Å². The van der Waals surface area contributed by atoms with E-state index in [9.17, 15) is 0 Å². The molecule has 0 atom stereocenters. The molecule has 1 heterocycles. The van der Waals surface area contributed by atoms with Gasteiger partial charge in [-0.05, 0) is 6.92 Å². The lowest BCUT2D eigenvalue weighted by Gasteiger charge is -1.72. The standard InChI is InChI=1S/C5H5N3.C2H6/c1-4-7-3-5(2-6)8-4;1-2/h3H,1H3,(H,7,8);1-2H3. The highest BCUT2D eigenvalue weighted by molar-refractivity contribution is 5.16. The number of rotatable bonds is 0. The molecule has 0 saturated carbocycles. The molecule has 3 nitrogen and oxygen atoms in total. The van der Waals surface area contributed by atoms with Crippen LogP contribution in [0.1, 0.15) is 25.4 Å². The largest absolute Gasteiger partial charge is 0.334 e.